The highest BCUT2D eigenvalue weighted by atomic mass is 32.1. The molecule has 3 aromatic rings. The van der Waals surface area contributed by atoms with Crippen molar-refractivity contribution in [2.24, 2.45) is 0 Å². The first-order valence-corrected chi connectivity index (χ1v) is 7.32. The van der Waals surface area contributed by atoms with E-state index in [9.17, 15) is 0 Å². The second-order valence-corrected chi connectivity index (χ2v) is 5.66. The van der Waals surface area contributed by atoms with E-state index in [1.54, 1.807) is 11.3 Å². The van der Waals surface area contributed by atoms with Gasteiger partial charge >= 0.3 is 0 Å². The summed E-state index contributed by atoms with van der Waals surface area (Å²) in [4.78, 5) is 9.00. The molecule has 5 heteroatoms. The molecule has 0 unspecified atom stereocenters. The molecule has 0 aliphatic heterocycles. The van der Waals surface area contributed by atoms with Crippen LogP contribution in [0.5, 0.6) is 0 Å². The number of hydrogen-bond acceptors (Lipinski definition) is 4. The first kappa shape index (κ1) is 12.9. The van der Waals surface area contributed by atoms with Crippen molar-refractivity contribution in [1.82, 2.24) is 14.5 Å². The molecule has 0 radical (unpaired) electrons. The fraction of sp³-hybridized carbons (Fsp3) is 0.200. The van der Waals surface area contributed by atoms with Gasteiger partial charge in [0.2, 0.25) is 0 Å². The lowest BCUT2D eigenvalue weighted by atomic mass is 10.2. The maximum atomic E-state index is 4.60. The van der Waals surface area contributed by atoms with E-state index in [0.717, 1.165) is 28.2 Å². The number of aromatic nitrogens is 3. The van der Waals surface area contributed by atoms with Gasteiger partial charge in [0.1, 0.15) is 5.82 Å². The number of rotatable bonds is 3. The molecule has 0 bridgehead atoms. The summed E-state index contributed by atoms with van der Waals surface area (Å²) in [6, 6.07) is 8.28. The number of nitrogens with one attached hydrogen (secondary N) is 1. The number of nitrogens with zero attached hydrogens (tertiary/aromatic N) is 3. The monoisotopic (exact) mass is 284 g/mol. The standard InChI is InChI=1S/C15H16N4S/c1-10-4-6-13(7-5-10)17-15-18-14(9-20-15)19-8-11(2)16-12(19)3/h4-9H,1-3H3,(H,17,18). The molecule has 0 spiro atoms. The molecule has 4 nitrogen and oxygen atoms in total. The number of aryl methyl sites for hydroxylation is 3. The van der Waals surface area contributed by atoms with Gasteiger partial charge in [-0.25, -0.2) is 9.97 Å². The van der Waals surface area contributed by atoms with E-state index < -0.39 is 0 Å². The zero-order valence-corrected chi connectivity index (χ0v) is 12.5. The Kier molecular flexibility index (Phi) is 3.28. The Bertz CT molecular complexity index is 725. The second kappa shape index (κ2) is 5.09. The Balaban J connectivity index is 1.83. The van der Waals surface area contributed by atoms with Crippen molar-refractivity contribution in [1.29, 1.82) is 0 Å². The van der Waals surface area contributed by atoms with Gasteiger partial charge in [-0.3, -0.25) is 4.57 Å². The third kappa shape index (κ3) is 2.58. The molecule has 2 heterocycles. The Morgan fingerprint density at radius 2 is 1.80 bits per heavy atom. The Labute approximate surface area is 122 Å². The fourth-order valence-electron chi connectivity index (χ4n) is 2.04. The minimum atomic E-state index is 0.884. The summed E-state index contributed by atoms with van der Waals surface area (Å²) in [5, 5.41) is 6.24. The summed E-state index contributed by atoms with van der Waals surface area (Å²) >= 11 is 1.59. The average molecular weight is 284 g/mol. The Hall–Kier alpha value is -2.14. The van der Waals surface area contributed by atoms with E-state index in [4.69, 9.17) is 0 Å². The van der Waals surface area contributed by atoms with Crippen LogP contribution in [-0.2, 0) is 0 Å². The van der Waals surface area contributed by atoms with Gasteiger partial charge in [-0.2, -0.15) is 0 Å². The van der Waals surface area contributed by atoms with Gasteiger partial charge in [0.05, 0.1) is 5.69 Å². The van der Waals surface area contributed by atoms with E-state index in [-0.39, 0.29) is 0 Å². The third-order valence-corrected chi connectivity index (χ3v) is 3.79. The quantitative estimate of drug-likeness (QED) is 0.790. The first-order chi connectivity index (χ1) is 9.61. The zero-order valence-electron chi connectivity index (χ0n) is 11.7. The van der Waals surface area contributed by atoms with Gasteiger partial charge in [0, 0.05) is 17.3 Å². The van der Waals surface area contributed by atoms with Gasteiger partial charge in [-0.05, 0) is 32.9 Å². The third-order valence-electron chi connectivity index (χ3n) is 3.04. The van der Waals surface area contributed by atoms with Crippen LogP contribution in [0.25, 0.3) is 5.82 Å². The molecule has 0 atom stereocenters. The van der Waals surface area contributed by atoms with Crippen LogP contribution >= 0.6 is 11.3 Å². The number of hydrogen-bond donors (Lipinski definition) is 1. The van der Waals surface area contributed by atoms with E-state index in [1.165, 1.54) is 5.56 Å². The summed E-state index contributed by atoms with van der Waals surface area (Å²) in [7, 11) is 0. The van der Waals surface area contributed by atoms with Crippen LogP contribution in [0.4, 0.5) is 10.8 Å². The minimum Gasteiger partial charge on any atom is -0.331 e. The normalized spacial score (nSPS) is 10.8. The molecular weight excluding hydrogens is 268 g/mol. The van der Waals surface area contributed by atoms with Crippen molar-refractivity contribution in [2.75, 3.05) is 5.32 Å². The molecule has 0 amide bonds. The molecule has 1 aromatic carbocycles. The summed E-state index contributed by atoms with van der Waals surface area (Å²) in [6.07, 6.45) is 2.00. The molecule has 0 fully saturated rings. The molecule has 1 N–H and O–H groups in total. The summed E-state index contributed by atoms with van der Waals surface area (Å²) in [6.45, 7) is 6.05. The van der Waals surface area contributed by atoms with Crippen LogP contribution in [0.15, 0.2) is 35.8 Å². The number of benzene rings is 1. The highest BCUT2D eigenvalue weighted by molar-refractivity contribution is 7.14. The van der Waals surface area contributed by atoms with Crippen LogP contribution in [0.2, 0.25) is 0 Å². The largest absolute Gasteiger partial charge is 0.331 e. The molecule has 20 heavy (non-hydrogen) atoms. The smallest absolute Gasteiger partial charge is 0.189 e. The second-order valence-electron chi connectivity index (χ2n) is 4.80. The van der Waals surface area contributed by atoms with Gasteiger partial charge in [0.25, 0.3) is 0 Å². The van der Waals surface area contributed by atoms with Crippen molar-refractivity contribution in [3.8, 4) is 5.82 Å². The van der Waals surface area contributed by atoms with Crippen molar-refractivity contribution in [2.45, 2.75) is 20.8 Å². The lowest BCUT2D eigenvalue weighted by Gasteiger charge is -2.02. The van der Waals surface area contributed by atoms with Crippen LogP contribution in [-0.4, -0.2) is 14.5 Å². The van der Waals surface area contributed by atoms with Crippen LogP contribution in [0, 0.1) is 20.8 Å². The van der Waals surface area contributed by atoms with E-state index in [2.05, 4.69) is 46.5 Å². The van der Waals surface area contributed by atoms with E-state index >= 15 is 0 Å². The maximum absolute atomic E-state index is 4.60. The molecule has 0 saturated carbocycles. The van der Waals surface area contributed by atoms with Gasteiger partial charge < -0.3 is 5.32 Å². The van der Waals surface area contributed by atoms with Crippen molar-refractivity contribution in [3.63, 3.8) is 0 Å². The lowest BCUT2D eigenvalue weighted by molar-refractivity contribution is 0.944. The topological polar surface area (TPSA) is 42.7 Å². The number of anilines is 2. The lowest BCUT2D eigenvalue weighted by Crippen LogP contribution is -1.96. The zero-order chi connectivity index (χ0) is 14.1. The fourth-order valence-corrected chi connectivity index (χ4v) is 2.75. The van der Waals surface area contributed by atoms with Crippen LogP contribution in [0.3, 0.4) is 0 Å². The van der Waals surface area contributed by atoms with Crippen molar-refractivity contribution < 1.29 is 0 Å². The Morgan fingerprint density at radius 1 is 1.05 bits per heavy atom. The van der Waals surface area contributed by atoms with Gasteiger partial charge in [0.15, 0.2) is 10.9 Å². The van der Waals surface area contributed by atoms with Crippen molar-refractivity contribution in [3.05, 3.63) is 52.9 Å². The molecule has 3 rings (SSSR count). The molecule has 0 aliphatic rings. The number of thiazole rings is 1. The van der Waals surface area contributed by atoms with E-state index in [1.807, 2.05) is 30.0 Å². The first-order valence-electron chi connectivity index (χ1n) is 6.44. The minimum absolute atomic E-state index is 0.884. The molecule has 2 aromatic heterocycles. The molecule has 0 aliphatic carbocycles. The summed E-state index contributed by atoms with van der Waals surface area (Å²) < 4.78 is 2.01. The molecular formula is C15H16N4S. The molecule has 0 saturated heterocycles. The SMILES string of the molecule is Cc1ccc(Nc2nc(-n3cc(C)nc3C)cs2)cc1. The highest BCUT2D eigenvalue weighted by Crippen LogP contribution is 2.23. The maximum Gasteiger partial charge on any atom is 0.189 e. The van der Waals surface area contributed by atoms with Crippen LogP contribution < -0.4 is 5.32 Å². The Morgan fingerprint density at radius 3 is 2.45 bits per heavy atom. The summed E-state index contributed by atoms with van der Waals surface area (Å²) in [5.74, 6) is 1.86. The van der Waals surface area contributed by atoms with Gasteiger partial charge in [-0.15, -0.1) is 11.3 Å². The average Bonchev–Trinajstić information content (AvgIpc) is 2.99. The van der Waals surface area contributed by atoms with Crippen molar-refractivity contribution >= 4 is 22.2 Å². The van der Waals surface area contributed by atoms with Gasteiger partial charge in [-0.1, -0.05) is 17.7 Å². The number of imidazole rings is 1. The summed E-state index contributed by atoms with van der Waals surface area (Å²) in [5.41, 5.74) is 3.30. The van der Waals surface area contributed by atoms with E-state index in [0.29, 0.717) is 0 Å². The predicted molar refractivity (Wildman–Crippen MR) is 83.2 cm³/mol. The predicted octanol–water partition coefficient (Wildman–Crippen LogP) is 4.00. The van der Waals surface area contributed by atoms with Crippen LogP contribution in [0.1, 0.15) is 17.1 Å². The highest BCUT2D eigenvalue weighted by Gasteiger charge is 2.08. The molecule has 102 valence electrons.